The summed E-state index contributed by atoms with van der Waals surface area (Å²) in [7, 11) is 2.94. The minimum atomic E-state index is -4.57. The Labute approximate surface area is 151 Å². The Balaban J connectivity index is 2.31. The lowest BCUT2D eigenvalue weighted by Crippen LogP contribution is -2.19. The molecule has 12 heteroatoms. The maximum atomic E-state index is 12.9. The standard InChI is InChI=1S/C14H14ClF3N8/c1-20-11(25-26-19)7-3-4-10(9(15)5-7)23-13-22-6-8(14(16,17)18)12(21-2)24-13/h3-6H,1-2H3,(H2,19,20,25)(H2,21,22,23,24). The van der Waals surface area contributed by atoms with Crippen molar-refractivity contribution in [2.75, 3.05) is 24.7 Å². The predicted molar refractivity (Wildman–Crippen MR) is 92.1 cm³/mol. The molecule has 0 radical (unpaired) electrons. The molecule has 0 spiro atoms. The highest BCUT2D eigenvalue weighted by atomic mass is 35.5. The fraction of sp³-hybridized carbons (Fsp3) is 0.214. The number of anilines is 3. The second-order valence-electron chi connectivity index (χ2n) is 4.82. The van der Waals surface area contributed by atoms with Gasteiger partial charge in [0.15, 0.2) is 5.84 Å². The minimum absolute atomic E-state index is 0.0549. The van der Waals surface area contributed by atoms with Crippen molar-refractivity contribution >= 4 is 34.9 Å². The van der Waals surface area contributed by atoms with Crippen molar-refractivity contribution in [3.05, 3.63) is 40.5 Å². The molecular formula is C14H14ClF3N8. The average molecular weight is 387 g/mol. The van der Waals surface area contributed by atoms with Crippen molar-refractivity contribution in [2.24, 2.45) is 10.3 Å². The molecule has 4 N–H and O–H groups in total. The van der Waals surface area contributed by atoms with E-state index in [2.05, 4.69) is 36.2 Å². The highest BCUT2D eigenvalue weighted by Gasteiger charge is 2.35. The van der Waals surface area contributed by atoms with Gasteiger partial charge in [-0.15, -0.1) is 5.10 Å². The Morgan fingerprint density at radius 2 is 2.00 bits per heavy atom. The van der Waals surface area contributed by atoms with Gasteiger partial charge in [0.05, 0.1) is 10.7 Å². The topological polar surface area (TPSA) is 110 Å². The lowest BCUT2D eigenvalue weighted by atomic mass is 10.2. The second kappa shape index (κ2) is 7.95. The van der Waals surface area contributed by atoms with Crippen LogP contribution in [0.15, 0.2) is 34.7 Å². The number of hydrogen-bond acceptors (Lipinski definition) is 6. The molecule has 8 nitrogen and oxygen atoms in total. The summed E-state index contributed by atoms with van der Waals surface area (Å²) >= 11 is 6.18. The van der Waals surface area contributed by atoms with Crippen LogP contribution in [0, 0.1) is 5.53 Å². The van der Waals surface area contributed by atoms with Crippen LogP contribution < -0.4 is 16.0 Å². The van der Waals surface area contributed by atoms with E-state index in [0.29, 0.717) is 23.3 Å². The summed E-state index contributed by atoms with van der Waals surface area (Å²) in [6.45, 7) is 0. The van der Waals surface area contributed by atoms with Crippen LogP contribution in [-0.4, -0.2) is 29.9 Å². The zero-order valence-electron chi connectivity index (χ0n) is 13.6. The summed E-state index contributed by atoms with van der Waals surface area (Å²) in [6.07, 6.45) is -3.88. The van der Waals surface area contributed by atoms with Crippen LogP contribution >= 0.6 is 11.6 Å². The van der Waals surface area contributed by atoms with Crippen LogP contribution in [0.3, 0.4) is 0 Å². The summed E-state index contributed by atoms with van der Waals surface area (Å²) in [5.41, 5.74) is 6.77. The van der Waals surface area contributed by atoms with E-state index in [0.717, 1.165) is 0 Å². The van der Waals surface area contributed by atoms with Gasteiger partial charge in [-0.2, -0.15) is 23.7 Å². The van der Waals surface area contributed by atoms with E-state index in [1.54, 1.807) is 25.2 Å². The van der Waals surface area contributed by atoms with E-state index in [-0.39, 0.29) is 16.8 Å². The molecule has 0 saturated carbocycles. The molecule has 0 aliphatic heterocycles. The van der Waals surface area contributed by atoms with Gasteiger partial charge in [0.1, 0.15) is 11.4 Å². The SMILES string of the molecule is CN/C(=N\N=N)c1ccc(Nc2ncc(C(F)(F)F)c(NC)n2)c(Cl)c1. The number of nitrogens with zero attached hydrogens (tertiary/aromatic N) is 4. The summed E-state index contributed by atoms with van der Waals surface area (Å²) in [5, 5.41) is 14.7. The third-order valence-electron chi connectivity index (χ3n) is 3.21. The van der Waals surface area contributed by atoms with Gasteiger partial charge in [0, 0.05) is 25.9 Å². The smallest absolute Gasteiger partial charge is 0.372 e. The molecule has 2 aromatic rings. The number of benzene rings is 1. The molecule has 1 aromatic heterocycles. The fourth-order valence-corrected chi connectivity index (χ4v) is 2.25. The van der Waals surface area contributed by atoms with E-state index in [9.17, 15) is 13.2 Å². The zero-order chi connectivity index (χ0) is 19.3. The van der Waals surface area contributed by atoms with Gasteiger partial charge in [-0.3, -0.25) is 0 Å². The Kier molecular flexibility index (Phi) is 5.93. The fourth-order valence-electron chi connectivity index (χ4n) is 2.03. The molecule has 0 unspecified atom stereocenters. The molecule has 0 atom stereocenters. The number of alkyl halides is 3. The molecule has 138 valence electrons. The quantitative estimate of drug-likeness (QED) is 0.270. The Hall–Kier alpha value is -2.95. The Morgan fingerprint density at radius 3 is 2.54 bits per heavy atom. The van der Waals surface area contributed by atoms with Crippen molar-refractivity contribution in [1.82, 2.24) is 15.3 Å². The van der Waals surface area contributed by atoms with Crippen molar-refractivity contribution in [1.29, 1.82) is 5.53 Å². The Morgan fingerprint density at radius 1 is 1.27 bits per heavy atom. The average Bonchev–Trinajstić information content (AvgIpc) is 2.60. The maximum absolute atomic E-state index is 12.9. The number of amidine groups is 1. The van der Waals surface area contributed by atoms with Gasteiger partial charge in [0.2, 0.25) is 5.95 Å². The molecule has 2 rings (SSSR count). The highest BCUT2D eigenvalue weighted by Crippen LogP contribution is 2.34. The van der Waals surface area contributed by atoms with Gasteiger partial charge >= 0.3 is 6.18 Å². The first-order valence-electron chi connectivity index (χ1n) is 7.11. The first-order valence-corrected chi connectivity index (χ1v) is 7.49. The second-order valence-corrected chi connectivity index (χ2v) is 5.23. The molecule has 0 aliphatic rings. The van der Waals surface area contributed by atoms with E-state index >= 15 is 0 Å². The molecule has 0 aliphatic carbocycles. The molecular weight excluding hydrogens is 373 g/mol. The Bertz CT molecular complexity index is 837. The van der Waals surface area contributed by atoms with Crippen molar-refractivity contribution in [3.8, 4) is 0 Å². The third-order valence-corrected chi connectivity index (χ3v) is 3.52. The summed E-state index contributed by atoms with van der Waals surface area (Å²) in [6, 6.07) is 4.76. The lowest BCUT2D eigenvalue weighted by Gasteiger charge is -2.14. The number of hydrogen-bond donors (Lipinski definition) is 4. The molecule has 26 heavy (non-hydrogen) atoms. The molecule has 0 bridgehead atoms. The van der Waals surface area contributed by atoms with Crippen LogP contribution in [0.1, 0.15) is 11.1 Å². The maximum Gasteiger partial charge on any atom is 0.421 e. The van der Waals surface area contributed by atoms with E-state index in [4.69, 9.17) is 17.1 Å². The number of rotatable bonds is 5. The lowest BCUT2D eigenvalue weighted by molar-refractivity contribution is -0.137. The van der Waals surface area contributed by atoms with E-state index < -0.39 is 11.7 Å². The summed E-state index contributed by atoms with van der Waals surface area (Å²) in [5.74, 6) is -0.0817. The normalized spacial score (nSPS) is 11.8. The van der Waals surface area contributed by atoms with Crippen LogP contribution in [0.25, 0.3) is 0 Å². The third kappa shape index (κ3) is 4.36. The highest BCUT2D eigenvalue weighted by molar-refractivity contribution is 6.33. The van der Waals surface area contributed by atoms with Crippen LogP contribution in [0.2, 0.25) is 5.02 Å². The summed E-state index contributed by atoms with van der Waals surface area (Å²) in [4.78, 5) is 7.49. The van der Waals surface area contributed by atoms with E-state index in [1.165, 1.54) is 7.05 Å². The molecule has 0 fully saturated rings. The monoisotopic (exact) mass is 386 g/mol. The van der Waals surface area contributed by atoms with Gasteiger partial charge in [-0.25, -0.2) is 4.98 Å². The van der Waals surface area contributed by atoms with Crippen molar-refractivity contribution in [2.45, 2.75) is 6.18 Å². The van der Waals surface area contributed by atoms with Gasteiger partial charge in [-0.1, -0.05) is 16.8 Å². The van der Waals surface area contributed by atoms with Gasteiger partial charge in [0.25, 0.3) is 0 Å². The largest absolute Gasteiger partial charge is 0.421 e. The summed E-state index contributed by atoms with van der Waals surface area (Å²) < 4.78 is 38.6. The zero-order valence-corrected chi connectivity index (χ0v) is 14.4. The number of nitrogens with one attached hydrogen (secondary N) is 4. The molecule has 1 heterocycles. The van der Waals surface area contributed by atoms with Gasteiger partial charge < -0.3 is 16.0 Å². The predicted octanol–water partition coefficient (Wildman–Crippen LogP) is 3.85. The van der Waals surface area contributed by atoms with Crippen molar-refractivity contribution in [3.63, 3.8) is 0 Å². The minimum Gasteiger partial charge on any atom is -0.372 e. The first-order chi connectivity index (χ1) is 12.3. The van der Waals surface area contributed by atoms with Crippen LogP contribution in [0.4, 0.5) is 30.6 Å². The van der Waals surface area contributed by atoms with E-state index in [1.807, 2.05) is 0 Å². The molecule has 0 amide bonds. The molecule has 1 aromatic carbocycles. The van der Waals surface area contributed by atoms with Crippen LogP contribution in [0.5, 0.6) is 0 Å². The number of aromatic nitrogens is 2. The number of halogens is 4. The van der Waals surface area contributed by atoms with Crippen molar-refractivity contribution < 1.29 is 13.2 Å². The first kappa shape index (κ1) is 19.4. The van der Waals surface area contributed by atoms with Crippen LogP contribution in [-0.2, 0) is 6.18 Å². The molecule has 0 saturated heterocycles. The van der Waals surface area contributed by atoms with Gasteiger partial charge in [-0.05, 0) is 18.2 Å².